The van der Waals surface area contributed by atoms with Gasteiger partial charge in [-0.3, -0.25) is 9.82 Å². The molecule has 8 heteroatoms. The molecule has 21 heavy (non-hydrogen) atoms. The lowest BCUT2D eigenvalue weighted by atomic mass is 10.2. The van der Waals surface area contributed by atoms with Crippen molar-refractivity contribution < 1.29 is 8.42 Å². The van der Waals surface area contributed by atoms with Crippen LogP contribution < -0.4 is 10.0 Å². The van der Waals surface area contributed by atoms with Crippen molar-refractivity contribution in [2.45, 2.75) is 25.4 Å². The summed E-state index contributed by atoms with van der Waals surface area (Å²) in [7, 11) is -3.70. The second-order valence-electron chi connectivity index (χ2n) is 4.57. The molecule has 2 rings (SSSR count). The number of nitrogens with one attached hydrogen (secondary N) is 3. The number of halogens is 1. The van der Waals surface area contributed by atoms with Crippen molar-refractivity contribution >= 4 is 31.6 Å². The quantitative estimate of drug-likeness (QED) is 0.726. The average Bonchev–Trinajstić information content (AvgIpc) is 2.89. The van der Waals surface area contributed by atoms with Gasteiger partial charge in [0.15, 0.2) is 5.03 Å². The molecule has 0 spiro atoms. The number of aromatic amines is 1. The van der Waals surface area contributed by atoms with E-state index in [1.54, 1.807) is 6.07 Å². The number of anilines is 1. The highest BCUT2D eigenvalue weighted by Gasteiger charge is 2.21. The van der Waals surface area contributed by atoms with E-state index in [1.165, 1.54) is 6.20 Å². The molecular formula is C13H17BrN4O2S. The predicted molar refractivity (Wildman–Crippen MR) is 85.7 cm³/mol. The predicted octanol–water partition coefficient (Wildman–Crippen LogP) is 2.39. The van der Waals surface area contributed by atoms with Crippen molar-refractivity contribution in [3.63, 3.8) is 0 Å². The van der Waals surface area contributed by atoms with Crippen molar-refractivity contribution in [3.8, 4) is 0 Å². The molecule has 1 aromatic heterocycles. The maximum atomic E-state index is 12.5. The summed E-state index contributed by atoms with van der Waals surface area (Å²) in [4.78, 5) is 0. The van der Waals surface area contributed by atoms with E-state index in [4.69, 9.17) is 0 Å². The highest BCUT2D eigenvalue weighted by molar-refractivity contribution is 9.10. The van der Waals surface area contributed by atoms with Gasteiger partial charge in [-0.2, -0.15) is 13.5 Å². The van der Waals surface area contributed by atoms with Gasteiger partial charge >= 0.3 is 0 Å². The minimum atomic E-state index is -3.70. The van der Waals surface area contributed by atoms with Crippen LogP contribution >= 0.6 is 15.9 Å². The topological polar surface area (TPSA) is 86.9 Å². The van der Waals surface area contributed by atoms with E-state index >= 15 is 0 Å². The third kappa shape index (κ3) is 3.84. The molecule has 0 fully saturated rings. The molecule has 2 aromatic rings. The highest BCUT2D eigenvalue weighted by Crippen LogP contribution is 2.24. The Hall–Kier alpha value is -1.38. The van der Waals surface area contributed by atoms with Crippen LogP contribution in [0.15, 0.2) is 33.9 Å². The standard InChI is InChI=1S/C13H17BrN4O2S/c1-3-15-7-10-8-16-17-13(10)21(19,20)18-12-6-11(14)5-4-9(12)2/h4-6,8,15,18H,3,7H2,1-2H3,(H,16,17). The summed E-state index contributed by atoms with van der Waals surface area (Å²) < 4.78 is 28.4. The van der Waals surface area contributed by atoms with Crippen LogP contribution in [0.3, 0.4) is 0 Å². The van der Waals surface area contributed by atoms with Crippen LogP contribution in [-0.4, -0.2) is 25.2 Å². The maximum absolute atomic E-state index is 12.5. The van der Waals surface area contributed by atoms with Crippen LogP contribution in [0.2, 0.25) is 0 Å². The van der Waals surface area contributed by atoms with Crippen LogP contribution in [0.1, 0.15) is 18.1 Å². The van der Waals surface area contributed by atoms with Crippen molar-refractivity contribution in [1.82, 2.24) is 15.5 Å². The summed E-state index contributed by atoms with van der Waals surface area (Å²) in [6, 6.07) is 5.43. The zero-order valence-corrected chi connectivity index (χ0v) is 14.2. The van der Waals surface area contributed by atoms with E-state index in [0.29, 0.717) is 17.8 Å². The zero-order chi connectivity index (χ0) is 15.5. The van der Waals surface area contributed by atoms with Crippen LogP contribution in [0.4, 0.5) is 5.69 Å². The molecule has 0 saturated heterocycles. The molecule has 0 aliphatic carbocycles. The fourth-order valence-corrected chi connectivity index (χ4v) is 3.43. The zero-order valence-electron chi connectivity index (χ0n) is 11.8. The minimum Gasteiger partial charge on any atom is -0.313 e. The number of hydrogen-bond acceptors (Lipinski definition) is 4. The number of rotatable bonds is 6. The molecule has 0 bridgehead atoms. The molecule has 0 aliphatic heterocycles. The van der Waals surface area contributed by atoms with Gasteiger partial charge in [0, 0.05) is 16.6 Å². The summed E-state index contributed by atoms with van der Waals surface area (Å²) in [5.41, 5.74) is 1.99. The van der Waals surface area contributed by atoms with E-state index in [0.717, 1.165) is 16.6 Å². The van der Waals surface area contributed by atoms with Crippen LogP contribution in [-0.2, 0) is 16.6 Å². The molecule has 0 unspecified atom stereocenters. The minimum absolute atomic E-state index is 0.0859. The molecule has 114 valence electrons. The van der Waals surface area contributed by atoms with Crippen molar-refractivity contribution in [2.75, 3.05) is 11.3 Å². The molecule has 0 atom stereocenters. The molecule has 0 radical (unpaired) electrons. The number of aryl methyl sites for hydroxylation is 1. The lowest BCUT2D eigenvalue weighted by Crippen LogP contribution is -2.19. The first-order valence-corrected chi connectivity index (χ1v) is 8.73. The summed E-state index contributed by atoms with van der Waals surface area (Å²) in [5.74, 6) is 0. The first-order valence-electron chi connectivity index (χ1n) is 6.46. The largest absolute Gasteiger partial charge is 0.313 e. The van der Waals surface area contributed by atoms with Crippen LogP contribution in [0.25, 0.3) is 0 Å². The van der Waals surface area contributed by atoms with Crippen LogP contribution in [0.5, 0.6) is 0 Å². The summed E-state index contributed by atoms with van der Waals surface area (Å²) in [6.07, 6.45) is 1.52. The smallest absolute Gasteiger partial charge is 0.279 e. The van der Waals surface area contributed by atoms with Crippen molar-refractivity contribution in [1.29, 1.82) is 0 Å². The third-order valence-electron chi connectivity index (χ3n) is 2.96. The second-order valence-corrected chi connectivity index (χ2v) is 7.10. The lowest BCUT2D eigenvalue weighted by Gasteiger charge is -2.11. The van der Waals surface area contributed by atoms with Gasteiger partial charge < -0.3 is 5.32 Å². The van der Waals surface area contributed by atoms with Gasteiger partial charge in [0.1, 0.15) is 0 Å². The maximum Gasteiger partial charge on any atom is 0.279 e. The lowest BCUT2D eigenvalue weighted by molar-refractivity contribution is 0.594. The highest BCUT2D eigenvalue weighted by atomic mass is 79.9. The van der Waals surface area contributed by atoms with E-state index < -0.39 is 10.0 Å². The van der Waals surface area contributed by atoms with Crippen molar-refractivity contribution in [2.24, 2.45) is 0 Å². The van der Waals surface area contributed by atoms with Gasteiger partial charge in [-0.25, -0.2) is 0 Å². The van der Waals surface area contributed by atoms with Gasteiger partial charge in [0.05, 0.1) is 11.9 Å². The molecule has 0 aliphatic rings. The monoisotopic (exact) mass is 372 g/mol. The molecule has 0 amide bonds. The number of sulfonamides is 1. The Morgan fingerprint density at radius 1 is 1.38 bits per heavy atom. The van der Waals surface area contributed by atoms with E-state index in [2.05, 4.69) is 36.2 Å². The Bertz CT molecular complexity index is 728. The molecule has 1 aromatic carbocycles. The number of hydrogen-bond donors (Lipinski definition) is 3. The van der Waals surface area contributed by atoms with E-state index in [-0.39, 0.29) is 5.03 Å². The number of H-pyrrole nitrogens is 1. The van der Waals surface area contributed by atoms with Crippen LogP contribution in [0, 0.1) is 6.92 Å². The number of aromatic nitrogens is 2. The van der Waals surface area contributed by atoms with Gasteiger partial charge in [0.2, 0.25) is 0 Å². The fraction of sp³-hybridized carbons (Fsp3) is 0.308. The summed E-state index contributed by atoms with van der Waals surface area (Å²) in [5, 5.41) is 9.56. The molecular weight excluding hydrogens is 356 g/mol. The molecule has 3 N–H and O–H groups in total. The summed E-state index contributed by atoms with van der Waals surface area (Å²) in [6.45, 7) is 5.00. The number of nitrogens with zero attached hydrogens (tertiary/aromatic N) is 1. The van der Waals surface area contributed by atoms with Gasteiger partial charge in [-0.05, 0) is 31.2 Å². The normalized spacial score (nSPS) is 11.6. The SMILES string of the molecule is CCNCc1cn[nH]c1S(=O)(=O)Nc1cc(Br)ccc1C. The fourth-order valence-electron chi connectivity index (χ4n) is 1.82. The Labute approximate surface area is 132 Å². The number of benzene rings is 1. The van der Waals surface area contributed by atoms with Gasteiger partial charge in [-0.15, -0.1) is 0 Å². The Morgan fingerprint density at radius 2 is 2.14 bits per heavy atom. The van der Waals surface area contributed by atoms with Gasteiger partial charge in [0.25, 0.3) is 10.0 Å². The molecule has 6 nitrogen and oxygen atoms in total. The Kier molecular flexibility index (Phi) is 5.02. The van der Waals surface area contributed by atoms with Crippen molar-refractivity contribution in [3.05, 3.63) is 40.0 Å². The first-order chi connectivity index (χ1) is 9.94. The molecule has 0 saturated carbocycles. The second kappa shape index (κ2) is 6.59. The molecule has 1 heterocycles. The first kappa shape index (κ1) is 16.0. The third-order valence-corrected chi connectivity index (χ3v) is 4.83. The Morgan fingerprint density at radius 3 is 2.86 bits per heavy atom. The van der Waals surface area contributed by atoms with E-state index in [9.17, 15) is 8.42 Å². The Balaban J connectivity index is 2.30. The van der Waals surface area contributed by atoms with Gasteiger partial charge in [-0.1, -0.05) is 28.9 Å². The summed E-state index contributed by atoms with van der Waals surface area (Å²) >= 11 is 3.34. The average molecular weight is 373 g/mol. The van der Waals surface area contributed by atoms with E-state index in [1.807, 2.05) is 26.0 Å².